The molecule has 34 heavy (non-hydrogen) atoms. The zero-order valence-corrected chi connectivity index (χ0v) is 19.0. The number of carbonyl (C=O) groups is 1. The minimum absolute atomic E-state index is 0.0607. The van der Waals surface area contributed by atoms with Gasteiger partial charge in [-0.05, 0) is 54.1 Å². The number of ether oxygens (including phenoxy) is 1. The summed E-state index contributed by atoms with van der Waals surface area (Å²) in [5, 5.41) is 13.2. The van der Waals surface area contributed by atoms with E-state index in [1.54, 1.807) is 37.6 Å². The number of hydrogen-bond donors (Lipinski definition) is 1. The quantitative estimate of drug-likeness (QED) is 0.388. The first-order chi connectivity index (χ1) is 16.6. The second-order valence-electron chi connectivity index (χ2n) is 7.48. The number of hydrogen-bond acceptors (Lipinski definition) is 7. The summed E-state index contributed by atoms with van der Waals surface area (Å²) < 4.78 is 24.8. The Balaban J connectivity index is 1.32. The van der Waals surface area contributed by atoms with Gasteiger partial charge in [-0.15, -0.1) is 5.10 Å². The molecule has 0 saturated carbocycles. The maximum absolute atomic E-state index is 14.0. The molecule has 5 rings (SSSR count). The number of hydrazone groups is 1. The van der Waals surface area contributed by atoms with E-state index in [-0.39, 0.29) is 17.7 Å². The normalized spacial score (nSPS) is 15.4. The van der Waals surface area contributed by atoms with E-state index in [1.807, 2.05) is 30.3 Å². The molecular formula is C24H20FN5O3S. The number of methoxy groups -OCH3 is 1. The van der Waals surface area contributed by atoms with E-state index in [0.29, 0.717) is 28.7 Å². The lowest BCUT2D eigenvalue weighted by molar-refractivity contribution is -0.130. The largest absolute Gasteiger partial charge is 0.497 e. The van der Waals surface area contributed by atoms with E-state index in [4.69, 9.17) is 9.15 Å². The Hall–Kier alpha value is -3.92. The van der Waals surface area contributed by atoms with Crippen molar-refractivity contribution in [3.05, 3.63) is 84.1 Å². The highest BCUT2D eigenvalue weighted by atomic mass is 32.2. The van der Waals surface area contributed by atoms with Crippen LogP contribution in [0.1, 0.15) is 23.8 Å². The number of amides is 1. The molecule has 2 aromatic carbocycles. The first-order valence-electron chi connectivity index (χ1n) is 10.5. The molecular weight excluding hydrogens is 457 g/mol. The maximum Gasteiger partial charge on any atom is 0.253 e. The Morgan fingerprint density at radius 3 is 2.76 bits per heavy atom. The van der Waals surface area contributed by atoms with Gasteiger partial charge in [0, 0.05) is 6.42 Å². The molecule has 4 aromatic rings. The lowest BCUT2D eigenvalue weighted by atomic mass is 10.0. The SMILES string of the molecule is COc1ccc(C2=NN(C(=O)CSc3n[nH]c(-c4ccccc4F)n3)C(c3ccco3)C2)cc1. The van der Waals surface area contributed by atoms with Crippen molar-refractivity contribution in [1.82, 2.24) is 20.2 Å². The van der Waals surface area contributed by atoms with Crippen molar-refractivity contribution in [2.75, 3.05) is 12.9 Å². The van der Waals surface area contributed by atoms with Crippen molar-refractivity contribution in [2.45, 2.75) is 17.6 Å². The van der Waals surface area contributed by atoms with E-state index in [2.05, 4.69) is 20.3 Å². The number of thioether (sulfide) groups is 1. The van der Waals surface area contributed by atoms with E-state index in [9.17, 15) is 9.18 Å². The van der Waals surface area contributed by atoms with Crippen LogP contribution in [0.15, 0.2) is 81.6 Å². The number of aromatic amines is 1. The van der Waals surface area contributed by atoms with Gasteiger partial charge in [-0.2, -0.15) is 5.10 Å². The molecule has 0 radical (unpaired) electrons. The molecule has 0 fully saturated rings. The number of rotatable bonds is 7. The van der Waals surface area contributed by atoms with Gasteiger partial charge in [0.25, 0.3) is 5.91 Å². The molecule has 0 aliphatic carbocycles. The number of carbonyl (C=O) groups excluding carboxylic acids is 1. The van der Waals surface area contributed by atoms with Crippen molar-refractivity contribution in [3.8, 4) is 17.1 Å². The summed E-state index contributed by atoms with van der Waals surface area (Å²) in [6.07, 6.45) is 2.10. The molecule has 8 nitrogen and oxygen atoms in total. The highest BCUT2D eigenvalue weighted by molar-refractivity contribution is 7.99. The van der Waals surface area contributed by atoms with Gasteiger partial charge in [-0.1, -0.05) is 23.9 Å². The van der Waals surface area contributed by atoms with Crippen molar-refractivity contribution >= 4 is 23.4 Å². The van der Waals surface area contributed by atoms with E-state index in [1.165, 1.54) is 11.1 Å². The summed E-state index contributed by atoms with van der Waals surface area (Å²) in [6.45, 7) is 0. The molecule has 1 atom stereocenters. The number of nitrogens with one attached hydrogen (secondary N) is 1. The minimum atomic E-state index is -0.398. The third kappa shape index (κ3) is 4.44. The fourth-order valence-electron chi connectivity index (χ4n) is 3.68. The minimum Gasteiger partial charge on any atom is -0.497 e. The second-order valence-corrected chi connectivity index (χ2v) is 8.43. The third-order valence-electron chi connectivity index (χ3n) is 5.38. The van der Waals surface area contributed by atoms with Crippen LogP contribution in [-0.2, 0) is 4.79 Å². The molecule has 0 spiro atoms. The first-order valence-corrected chi connectivity index (χ1v) is 11.5. The number of aromatic nitrogens is 3. The van der Waals surface area contributed by atoms with Crippen LogP contribution >= 0.6 is 11.8 Å². The van der Waals surface area contributed by atoms with Crippen LogP contribution in [0.3, 0.4) is 0 Å². The highest BCUT2D eigenvalue weighted by Gasteiger charge is 2.35. The summed E-state index contributed by atoms with van der Waals surface area (Å²) in [6, 6.07) is 17.1. The van der Waals surface area contributed by atoms with Crippen LogP contribution < -0.4 is 4.74 Å². The molecule has 1 aliphatic heterocycles. The zero-order valence-electron chi connectivity index (χ0n) is 18.1. The fourth-order valence-corrected chi connectivity index (χ4v) is 4.33. The number of benzene rings is 2. The van der Waals surface area contributed by atoms with Crippen LogP contribution in [0.4, 0.5) is 4.39 Å². The second kappa shape index (κ2) is 9.52. The van der Waals surface area contributed by atoms with Gasteiger partial charge in [0.15, 0.2) is 5.82 Å². The van der Waals surface area contributed by atoms with Crippen molar-refractivity contribution in [1.29, 1.82) is 0 Å². The standard InChI is InChI=1S/C24H20FN5O3S/c1-32-16-10-8-15(9-11-16)19-13-20(21-7-4-12-33-21)30(29-19)22(31)14-34-24-26-23(27-28-24)17-5-2-3-6-18(17)25/h2-12,20H,13-14H2,1H3,(H,26,27,28). The molecule has 1 unspecified atom stereocenters. The predicted octanol–water partition coefficient (Wildman–Crippen LogP) is 4.68. The number of H-pyrrole nitrogens is 1. The topological polar surface area (TPSA) is 96.6 Å². The fraction of sp³-hybridized carbons (Fsp3) is 0.167. The Morgan fingerprint density at radius 1 is 1.21 bits per heavy atom. The number of furan rings is 1. The van der Waals surface area contributed by atoms with E-state index < -0.39 is 5.82 Å². The van der Waals surface area contributed by atoms with Crippen molar-refractivity contribution < 1.29 is 18.3 Å². The molecule has 172 valence electrons. The van der Waals surface area contributed by atoms with Gasteiger partial charge in [0.1, 0.15) is 23.4 Å². The molecule has 1 amide bonds. The Bertz CT molecular complexity index is 1320. The number of nitrogens with zero attached hydrogens (tertiary/aromatic N) is 4. The van der Waals surface area contributed by atoms with Crippen molar-refractivity contribution in [3.63, 3.8) is 0 Å². The molecule has 0 bridgehead atoms. The number of halogens is 1. The molecule has 2 aromatic heterocycles. The van der Waals surface area contributed by atoms with E-state index in [0.717, 1.165) is 28.8 Å². The summed E-state index contributed by atoms with van der Waals surface area (Å²) in [7, 11) is 1.61. The summed E-state index contributed by atoms with van der Waals surface area (Å²) in [4.78, 5) is 17.5. The third-order valence-corrected chi connectivity index (χ3v) is 6.21. The zero-order chi connectivity index (χ0) is 23.5. The summed E-state index contributed by atoms with van der Waals surface area (Å²) in [5.41, 5.74) is 2.00. The smallest absolute Gasteiger partial charge is 0.253 e. The van der Waals surface area contributed by atoms with Crippen LogP contribution in [0.2, 0.25) is 0 Å². The average Bonchev–Trinajstić information content (AvgIpc) is 3.63. The predicted molar refractivity (Wildman–Crippen MR) is 125 cm³/mol. The summed E-state index contributed by atoms with van der Waals surface area (Å²) in [5.74, 6) is 1.16. The first kappa shape index (κ1) is 21.9. The van der Waals surface area contributed by atoms with Crippen LogP contribution in [0, 0.1) is 5.82 Å². The maximum atomic E-state index is 14.0. The van der Waals surface area contributed by atoms with E-state index >= 15 is 0 Å². The summed E-state index contributed by atoms with van der Waals surface area (Å²) >= 11 is 1.15. The van der Waals surface area contributed by atoms with Gasteiger partial charge < -0.3 is 9.15 Å². The Morgan fingerprint density at radius 2 is 2.03 bits per heavy atom. The van der Waals surface area contributed by atoms with Gasteiger partial charge >= 0.3 is 0 Å². The molecule has 10 heteroatoms. The monoisotopic (exact) mass is 477 g/mol. The van der Waals surface area contributed by atoms with Gasteiger partial charge in [-0.25, -0.2) is 14.4 Å². The molecule has 1 N–H and O–H groups in total. The van der Waals surface area contributed by atoms with Crippen LogP contribution in [0.25, 0.3) is 11.4 Å². The van der Waals surface area contributed by atoms with Gasteiger partial charge in [0.05, 0.1) is 30.4 Å². The lowest BCUT2D eigenvalue weighted by Gasteiger charge is -2.19. The Labute approximate surface area is 198 Å². The van der Waals surface area contributed by atoms with Crippen molar-refractivity contribution in [2.24, 2.45) is 5.10 Å². The average molecular weight is 478 g/mol. The molecule has 3 heterocycles. The highest BCUT2D eigenvalue weighted by Crippen LogP contribution is 2.34. The molecule has 1 aliphatic rings. The van der Waals surface area contributed by atoms with Gasteiger partial charge in [0.2, 0.25) is 5.16 Å². The molecule has 0 saturated heterocycles. The lowest BCUT2D eigenvalue weighted by Crippen LogP contribution is -2.28. The van der Waals surface area contributed by atoms with Gasteiger partial charge in [-0.3, -0.25) is 9.89 Å². The Kier molecular flexibility index (Phi) is 6.13. The van der Waals surface area contributed by atoms with Crippen LogP contribution in [0.5, 0.6) is 5.75 Å². The van der Waals surface area contributed by atoms with Crippen LogP contribution in [-0.4, -0.2) is 44.7 Å².